The molecule has 6 nitrogen and oxygen atoms in total. The molecule has 1 aromatic heterocycles. The van der Waals surface area contributed by atoms with E-state index in [0.29, 0.717) is 11.2 Å². The van der Waals surface area contributed by atoms with Gasteiger partial charge in [-0.25, -0.2) is 4.98 Å². The Labute approximate surface area is 108 Å². The van der Waals surface area contributed by atoms with Gasteiger partial charge in [0.15, 0.2) is 0 Å². The fraction of sp³-hybridized carbons (Fsp3) is 0. The van der Waals surface area contributed by atoms with E-state index in [1.54, 1.807) is 22.8 Å². The number of aromatic nitrogens is 2. The van der Waals surface area contributed by atoms with Gasteiger partial charge in [0.1, 0.15) is 5.69 Å². The third-order valence-electron chi connectivity index (χ3n) is 2.91. The maximum Gasteiger partial charge on any atom is 0.293 e. The summed E-state index contributed by atoms with van der Waals surface area (Å²) >= 11 is 0. The highest BCUT2D eigenvalue weighted by Crippen LogP contribution is 2.28. The van der Waals surface area contributed by atoms with Gasteiger partial charge in [-0.2, -0.15) is 0 Å². The van der Waals surface area contributed by atoms with Crippen LogP contribution >= 0.6 is 0 Å². The van der Waals surface area contributed by atoms with E-state index in [1.165, 1.54) is 6.07 Å². The molecule has 0 amide bonds. The van der Waals surface area contributed by atoms with E-state index in [-0.39, 0.29) is 11.6 Å². The lowest BCUT2D eigenvalue weighted by Crippen LogP contribution is -2.03. The molecule has 2 N–H and O–H groups in total. The van der Waals surface area contributed by atoms with Crippen molar-refractivity contribution in [3.8, 4) is 5.69 Å². The molecule has 0 fully saturated rings. The zero-order valence-electron chi connectivity index (χ0n) is 9.85. The van der Waals surface area contributed by atoms with Crippen molar-refractivity contribution in [1.29, 1.82) is 0 Å². The number of nitro benzene ring substituents is 1. The molecule has 1 heterocycles. The Kier molecular flexibility index (Phi) is 2.42. The first-order valence-electron chi connectivity index (χ1n) is 5.65. The van der Waals surface area contributed by atoms with Crippen LogP contribution in [-0.2, 0) is 0 Å². The molecule has 2 aromatic carbocycles. The summed E-state index contributed by atoms with van der Waals surface area (Å²) in [6.07, 6.45) is 0. The standard InChI is InChI=1S/C13H10N4O2/c14-13-15-9-5-1-2-6-10(9)16(13)11-7-3-4-8-12(11)17(18)19/h1-8H,(H2,14,15). The van der Waals surface area contributed by atoms with E-state index in [9.17, 15) is 10.1 Å². The molecule has 0 aliphatic heterocycles. The second kappa shape index (κ2) is 4.09. The van der Waals surface area contributed by atoms with Crippen molar-refractivity contribution < 1.29 is 4.92 Å². The summed E-state index contributed by atoms with van der Waals surface area (Å²) in [6, 6.07) is 13.8. The highest BCUT2D eigenvalue weighted by atomic mass is 16.6. The van der Waals surface area contributed by atoms with E-state index in [1.807, 2.05) is 24.3 Å². The number of imidazole rings is 1. The van der Waals surface area contributed by atoms with Crippen molar-refractivity contribution in [2.45, 2.75) is 0 Å². The molecule has 0 saturated carbocycles. The number of nitrogen functional groups attached to an aromatic ring is 1. The fourth-order valence-electron chi connectivity index (χ4n) is 2.11. The number of benzene rings is 2. The molecule has 0 bridgehead atoms. The van der Waals surface area contributed by atoms with Gasteiger partial charge in [0.2, 0.25) is 5.95 Å². The Hall–Kier alpha value is -2.89. The van der Waals surface area contributed by atoms with Gasteiger partial charge < -0.3 is 5.73 Å². The van der Waals surface area contributed by atoms with Gasteiger partial charge in [0.05, 0.1) is 16.0 Å². The molecule has 0 aliphatic carbocycles. The molecule has 0 atom stereocenters. The van der Waals surface area contributed by atoms with Gasteiger partial charge in [-0.1, -0.05) is 24.3 Å². The Morgan fingerprint density at radius 2 is 1.79 bits per heavy atom. The molecular weight excluding hydrogens is 244 g/mol. The maximum absolute atomic E-state index is 11.1. The van der Waals surface area contributed by atoms with Crippen molar-refractivity contribution >= 4 is 22.7 Å². The minimum Gasteiger partial charge on any atom is -0.369 e. The number of rotatable bonds is 2. The molecule has 0 spiro atoms. The summed E-state index contributed by atoms with van der Waals surface area (Å²) in [5.41, 5.74) is 7.75. The Morgan fingerprint density at radius 1 is 1.11 bits per heavy atom. The summed E-state index contributed by atoms with van der Waals surface area (Å²) in [5.74, 6) is 0.232. The van der Waals surface area contributed by atoms with Crippen LogP contribution in [0.3, 0.4) is 0 Å². The van der Waals surface area contributed by atoms with Gasteiger partial charge in [-0.05, 0) is 18.2 Å². The first-order valence-corrected chi connectivity index (χ1v) is 5.65. The van der Waals surface area contributed by atoms with E-state index < -0.39 is 4.92 Å². The summed E-state index contributed by atoms with van der Waals surface area (Å²) in [6.45, 7) is 0. The van der Waals surface area contributed by atoms with Crippen molar-refractivity contribution in [3.63, 3.8) is 0 Å². The smallest absolute Gasteiger partial charge is 0.293 e. The predicted octanol–water partition coefficient (Wildman–Crippen LogP) is 2.52. The quantitative estimate of drug-likeness (QED) is 0.562. The number of nitrogens with zero attached hydrogens (tertiary/aromatic N) is 3. The highest BCUT2D eigenvalue weighted by Gasteiger charge is 2.18. The maximum atomic E-state index is 11.1. The Balaban J connectivity index is 2.37. The number of fused-ring (bicyclic) bond motifs is 1. The van der Waals surface area contributed by atoms with Crippen LogP contribution < -0.4 is 5.73 Å². The van der Waals surface area contributed by atoms with Crippen molar-refractivity contribution in [3.05, 3.63) is 58.6 Å². The van der Waals surface area contributed by atoms with Crippen molar-refractivity contribution in [2.75, 3.05) is 5.73 Å². The first kappa shape index (κ1) is 11.2. The minimum atomic E-state index is -0.427. The number of hydrogen-bond acceptors (Lipinski definition) is 4. The normalized spacial score (nSPS) is 10.7. The summed E-state index contributed by atoms with van der Waals surface area (Å²) in [7, 11) is 0. The molecule has 3 rings (SSSR count). The summed E-state index contributed by atoms with van der Waals surface area (Å²) in [4.78, 5) is 14.9. The second-order valence-electron chi connectivity index (χ2n) is 4.04. The Morgan fingerprint density at radius 3 is 2.58 bits per heavy atom. The molecule has 0 unspecified atom stereocenters. The molecule has 94 valence electrons. The third kappa shape index (κ3) is 1.70. The highest BCUT2D eigenvalue weighted by molar-refractivity contribution is 5.81. The van der Waals surface area contributed by atoms with Gasteiger partial charge in [0.25, 0.3) is 5.69 Å². The SMILES string of the molecule is Nc1nc2ccccc2n1-c1ccccc1[N+](=O)[O-]. The zero-order valence-corrected chi connectivity index (χ0v) is 9.85. The molecule has 0 aliphatic rings. The van der Waals surface area contributed by atoms with Crippen LogP contribution in [0.2, 0.25) is 0 Å². The monoisotopic (exact) mass is 254 g/mol. The van der Waals surface area contributed by atoms with Gasteiger partial charge in [-0.3, -0.25) is 14.7 Å². The van der Waals surface area contributed by atoms with E-state index in [2.05, 4.69) is 4.98 Å². The molecular formula is C13H10N4O2. The fourth-order valence-corrected chi connectivity index (χ4v) is 2.11. The van der Waals surface area contributed by atoms with Gasteiger partial charge >= 0.3 is 0 Å². The van der Waals surface area contributed by atoms with Crippen molar-refractivity contribution in [2.24, 2.45) is 0 Å². The van der Waals surface area contributed by atoms with E-state index in [0.717, 1.165) is 5.52 Å². The lowest BCUT2D eigenvalue weighted by molar-refractivity contribution is -0.384. The topological polar surface area (TPSA) is 87.0 Å². The van der Waals surface area contributed by atoms with Crippen LogP contribution in [0, 0.1) is 10.1 Å². The van der Waals surface area contributed by atoms with Crippen LogP contribution in [0.1, 0.15) is 0 Å². The molecule has 6 heteroatoms. The number of nitro groups is 1. The van der Waals surface area contributed by atoms with Crippen LogP contribution in [-0.4, -0.2) is 14.5 Å². The molecule has 3 aromatic rings. The number of hydrogen-bond donors (Lipinski definition) is 1. The number of para-hydroxylation sites is 4. The van der Waals surface area contributed by atoms with Crippen molar-refractivity contribution in [1.82, 2.24) is 9.55 Å². The van der Waals surface area contributed by atoms with E-state index >= 15 is 0 Å². The first-order chi connectivity index (χ1) is 9.18. The van der Waals surface area contributed by atoms with Crippen LogP contribution in [0.4, 0.5) is 11.6 Å². The average Bonchev–Trinajstić information content (AvgIpc) is 2.74. The molecule has 0 saturated heterocycles. The summed E-state index contributed by atoms with van der Waals surface area (Å²) < 4.78 is 1.59. The molecule has 19 heavy (non-hydrogen) atoms. The largest absolute Gasteiger partial charge is 0.369 e. The lowest BCUT2D eigenvalue weighted by atomic mass is 10.2. The van der Waals surface area contributed by atoms with Gasteiger partial charge in [0, 0.05) is 6.07 Å². The van der Waals surface area contributed by atoms with Crippen LogP contribution in [0.15, 0.2) is 48.5 Å². The predicted molar refractivity (Wildman–Crippen MR) is 72.1 cm³/mol. The van der Waals surface area contributed by atoms with Crippen LogP contribution in [0.25, 0.3) is 16.7 Å². The Bertz CT molecular complexity index is 779. The van der Waals surface area contributed by atoms with Gasteiger partial charge in [-0.15, -0.1) is 0 Å². The average molecular weight is 254 g/mol. The van der Waals surface area contributed by atoms with E-state index in [4.69, 9.17) is 5.73 Å². The number of anilines is 1. The molecule has 0 radical (unpaired) electrons. The third-order valence-corrected chi connectivity index (χ3v) is 2.91. The minimum absolute atomic E-state index is 0.00245. The summed E-state index contributed by atoms with van der Waals surface area (Å²) in [5, 5.41) is 11.1. The zero-order chi connectivity index (χ0) is 13.4. The van der Waals surface area contributed by atoms with Crippen LogP contribution in [0.5, 0.6) is 0 Å². The second-order valence-corrected chi connectivity index (χ2v) is 4.04. The number of nitrogens with two attached hydrogens (primary N) is 1. The lowest BCUT2D eigenvalue weighted by Gasteiger charge is -2.06.